The smallest absolute Gasteiger partial charge is 0.0468 e. The lowest BCUT2D eigenvalue weighted by Crippen LogP contribution is -2.10. The highest BCUT2D eigenvalue weighted by Crippen LogP contribution is 2.43. The van der Waals surface area contributed by atoms with Gasteiger partial charge in [0.1, 0.15) is 0 Å². The van der Waals surface area contributed by atoms with Crippen LogP contribution in [0.15, 0.2) is 164 Å². The van der Waals surface area contributed by atoms with Crippen LogP contribution in [-0.4, -0.2) is 0 Å². The van der Waals surface area contributed by atoms with E-state index in [4.69, 9.17) is 0 Å². The van der Waals surface area contributed by atoms with Gasteiger partial charge in [-0.25, -0.2) is 0 Å². The number of anilines is 3. The summed E-state index contributed by atoms with van der Waals surface area (Å²) >= 11 is 1.87. The molecule has 0 aliphatic heterocycles. The Morgan fingerprint density at radius 2 is 0.952 bits per heavy atom. The number of thiophene rings is 1. The summed E-state index contributed by atoms with van der Waals surface area (Å²) in [6, 6.07) is 59.1. The molecule has 0 saturated carbocycles. The highest BCUT2D eigenvalue weighted by molar-refractivity contribution is 7.26. The Morgan fingerprint density at radius 3 is 1.74 bits per heavy atom. The molecule has 198 valence electrons. The lowest BCUT2D eigenvalue weighted by atomic mass is 10.0. The third-order valence-corrected chi connectivity index (χ3v) is 9.18. The third kappa shape index (κ3) is 4.34. The van der Waals surface area contributed by atoms with Crippen LogP contribution in [0.25, 0.3) is 53.2 Å². The molecule has 0 amide bonds. The summed E-state index contributed by atoms with van der Waals surface area (Å²) in [5.41, 5.74) is 8.25. The maximum atomic E-state index is 2.38. The van der Waals surface area contributed by atoms with Gasteiger partial charge in [0.15, 0.2) is 0 Å². The van der Waals surface area contributed by atoms with Crippen molar-refractivity contribution in [2.75, 3.05) is 4.90 Å². The second-order valence-corrected chi connectivity index (χ2v) is 11.7. The standard InChI is InChI=1S/C40H27NS/c1-3-10-28(11-4-1)30-18-21-33(22-19-30)41(34-16-9-15-32(26-34)29-12-5-2-6-13-29)35-23-25-38-37(27-35)40-36-17-8-7-14-31(36)20-24-39(40)42-38/h1-27H. The van der Waals surface area contributed by atoms with E-state index < -0.39 is 0 Å². The number of fused-ring (bicyclic) bond motifs is 5. The van der Waals surface area contributed by atoms with Crippen LogP contribution in [-0.2, 0) is 0 Å². The van der Waals surface area contributed by atoms with Gasteiger partial charge in [0.05, 0.1) is 0 Å². The minimum atomic E-state index is 1.13. The van der Waals surface area contributed by atoms with Crippen molar-refractivity contribution in [3.63, 3.8) is 0 Å². The summed E-state index contributed by atoms with van der Waals surface area (Å²) in [7, 11) is 0. The molecule has 0 atom stereocenters. The molecule has 8 aromatic rings. The van der Waals surface area contributed by atoms with Gasteiger partial charge in [-0.15, -0.1) is 11.3 Å². The normalized spacial score (nSPS) is 11.3. The first kappa shape index (κ1) is 24.6. The minimum absolute atomic E-state index is 1.13. The lowest BCUT2D eigenvalue weighted by Gasteiger charge is -2.26. The fourth-order valence-corrected chi connectivity index (χ4v) is 7.11. The topological polar surface area (TPSA) is 3.24 Å². The van der Waals surface area contributed by atoms with Gasteiger partial charge in [0.2, 0.25) is 0 Å². The van der Waals surface area contributed by atoms with Crippen LogP contribution in [0.1, 0.15) is 0 Å². The first-order valence-electron chi connectivity index (χ1n) is 14.3. The Morgan fingerprint density at radius 1 is 0.357 bits per heavy atom. The van der Waals surface area contributed by atoms with E-state index in [0.717, 1.165) is 17.1 Å². The van der Waals surface area contributed by atoms with Crippen molar-refractivity contribution in [1.29, 1.82) is 0 Å². The third-order valence-electron chi connectivity index (χ3n) is 8.05. The number of nitrogens with zero attached hydrogens (tertiary/aromatic N) is 1. The molecule has 8 rings (SSSR count). The zero-order chi connectivity index (χ0) is 27.9. The van der Waals surface area contributed by atoms with E-state index in [1.165, 1.54) is 53.2 Å². The summed E-state index contributed by atoms with van der Waals surface area (Å²) in [4.78, 5) is 2.38. The van der Waals surface area contributed by atoms with E-state index in [1.54, 1.807) is 0 Å². The molecule has 0 aliphatic carbocycles. The maximum absolute atomic E-state index is 2.38. The van der Waals surface area contributed by atoms with E-state index in [0.29, 0.717) is 0 Å². The molecule has 0 aliphatic rings. The fourth-order valence-electron chi connectivity index (χ4n) is 6.01. The van der Waals surface area contributed by atoms with Crippen LogP contribution < -0.4 is 4.90 Å². The van der Waals surface area contributed by atoms with Crippen molar-refractivity contribution in [1.82, 2.24) is 0 Å². The fraction of sp³-hybridized carbons (Fsp3) is 0. The molecule has 0 spiro atoms. The van der Waals surface area contributed by atoms with Crippen LogP contribution >= 0.6 is 11.3 Å². The highest BCUT2D eigenvalue weighted by Gasteiger charge is 2.17. The minimum Gasteiger partial charge on any atom is -0.310 e. The van der Waals surface area contributed by atoms with Crippen molar-refractivity contribution in [2.24, 2.45) is 0 Å². The van der Waals surface area contributed by atoms with Crippen molar-refractivity contribution in [3.05, 3.63) is 164 Å². The molecule has 0 bridgehead atoms. The van der Waals surface area contributed by atoms with Gasteiger partial charge in [-0.05, 0) is 81.6 Å². The van der Waals surface area contributed by atoms with Crippen molar-refractivity contribution in [2.45, 2.75) is 0 Å². The van der Waals surface area contributed by atoms with E-state index in [2.05, 4.69) is 169 Å². The van der Waals surface area contributed by atoms with Crippen LogP contribution in [0, 0.1) is 0 Å². The molecule has 0 fully saturated rings. The molecule has 1 nitrogen and oxygen atoms in total. The first-order valence-corrected chi connectivity index (χ1v) is 15.1. The van der Waals surface area contributed by atoms with Gasteiger partial charge >= 0.3 is 0 Å². The number of hydrogen-bond acceptors (Lipinski definition) is 2. The van der Waals surface area contributed by atoms with Crippen molar-refractivity contribution >= 4 is 59.3 Å². The molecule has 0 N–H and O–H groups in total. The summed E-state index contributed by atoms with van der Waals surface area (Å²) in [6.07, 6.45) is 0. The second-order valence-electron chi connectivity index (χ2n) is 10.6. The van der Waals surface area contributed by atoms with E-state index in [9.17, 15) is 0 Å². The predicted octanol–water partition coefficient (Wildman–Crippen LogP) is 12.0. The maximum Gasteiger partial charge on any atom is 0.0468 e. The summed E-state index contributed by atoms with van der Waals surface area (Å²) < 4.78 is 2.63. The van der Waals surface area contributed by atoms with Gasteiger partial charge in [-0.3, -0.25) is 0 Å². The predicted molar refractivity (Wildman–Crippen MR) is 182 cm³/mol. The summed E-state index contributed by atoms with van der Waals surface area (Å²) in [5, 5.41) is 5.23. The van der Waals surface area contributed by atoms with Gasteiger partial charge < -0.3 is 4.90 Å². The van der Waals surface area contributed by atoms with E-state index in [1.807, 2.05) is 11.3 Å². The highest BCUT2D eigenvalue weighted by atomic mass is 32.1. The molecular weight excluding hydrogens is 527 g/mol. The number of rotatable bonds is 5. The van der Waals surface area contributed by atoms with Gasteiger partial charge in [-0.2, -0.15) is 0 Å². The van der Waals surface area contributed by atoms with Crippen LogP contribution in [0.3, 0.4) is 0 Å². The molecule has 1 heterocycles. The summed E-state index contributed by atoms with van der Waals surface area (Å²) in [5.74, 6) is 0. The van der Waals surface area contributed by atoms with Gasteiger partial charge in [0, 0.05) is 37.2 Å². The molecule has 2 heteroatoms. The molecular formula is C40H27NS. The lowest BCUT2D eigenvalue weighted by molar-refractivity contribution is 1.29. The van der Waals surface area contributed by atoms with Crippen LogP contribution in [0.4, 0.5) is 17.1 Å². The first-order chi connectivity index (χ1) is 20.8. The number of benzene rings is 7. The molecule has 7 aromatic carbocycles. The average Bonchev–Trinajstić information content (AvgIpc) is 3.45. The van der Waals surface area contributed by atoms with Crippen molar-refractivity contribution < 1.29 is 0 Å². The zero-order valence-corrected chi connectivity index (χ0v) is 23.8. The second kappa shape index (κ2) is 10.3. The summed E-state index contributed by atoms with van der Waals surface area (Å²) in [6.45, 7) is 0. The molecule has 0 radical (unpaired) electrons. The van der Waals surface area contributed by atoms with Gasteiger partial charge in [-0.1, -0.05) is 115 Å². The number of hydrogen-bond donors (Lipinski definition) is 0. The molecule has 0 saturated heterocycles. The monoisotopic (exact) mass is 553 g/mol. The SMILES string of the molecule is c1ccc(-c2ccc(N(c3cccc(-c4ccccc4)c3)c3ccc4sc5ccc6ccccc6c5c4c3)cc2)cc1. The zero-order valence-electron chi connectivity index (χ0n) is 22.9. The molecule has 42 heavy (non-hydrogen) atoms. The van der Waals surface area contributed by atoms with E-state index >= 15 is 0 Å². The molecule has 0 unspecified atom stereocenters. The van der Waals surface area contributed by atoms with Crippen LogP contribution in [0.5, 0.6) is 0 Å². The van der Waals surface area contributed by atoms with Gasteiger partial charge in [0.25, 0.3) is 0 Å². The Labute approximate surface area is 249 Å². The van der Waals surface area contributed by atoms with Crippen molar-refractivity contribution in [3.8, 4) is 22.3 Å². The average molecular weight is 554 g/mol. The Hall–Kier alpha value is -5.18. The van der Waals surface area contributed by atoms with Crippen LogP contribution in [0.2, 0.25) is 0 Å². The molecule has 1 aromatic heterocycles. The Kier molecular flexibility index (Phi) is 6.05. The Balaban J connectivity index is 1.32. The Bertz CT molecular complexity index is 2180. The largest absolute Gasteiger partial charge is 0.310 e. The quantitative estimate of drug-likeness (QED) is 0.205. The van der Waals surface area contributed by atoms with E-state index in [-0.39, 0.29) is 0 Å².